The zero-order valence-corrected chi connectivity index (χ0v) is 14.4. The van der Waals surface area contributed by atoms with Crippen LogP contribution >= 0.6 is 0 Å². The predicted molar refractivity (Wildman–Crippen MR) is 85.7 cm³/mol. The Bertz CT molecular complexity index is 687. The molecule has 1 aliphatic rings. The molecular formula is C15H24N4O2S. The third kappa shape index (κ3) is 3.51. The molecule has 1 fully saturated rings. The van der Waals surface area contributed by atoms with Crippen molar-refractivity contribution in [3.05, 3.63) is 23.0 Å². The maximum atomic E-state index is 11.6. The summed E-state index contributed by atoms with van der Waals surface area (Å²) in [6.07, 6.45) is 2.08. The minimum Gasteiger partial charge on any atom is -0.340 e. The van der Waals surface area contributed by atoms with Crippen LogP contribution in [0.4, 0.5) is 0 Å². The fourth-order valence-corrected chi connectivity index (χ4v) is 3.94. The van der Waals surface area contributed by atoms with Crippen molar-refractivity contribution in [2.45, 2.75) is 32.9 Å². The molecule has 0 unspecified atom stereocenters. The zero-order chi connectivity index (χ0) is 16.5. The Balaban J connectivity index is 1.98. The molecule has 2 atom stereocenters. The fourth-order valence-electron chi connectivity index (χ4n) is 3.00. The smallest absolute Gasteiger partial charge is 0.211 e. The number of hydrogen-bond donors (Lipinski definition) is 1. The van der Waals surface area contributed by atoms with Crippen molar-refractivity contribution in [3.8, 4) is 6.07 Å². The second-order valence-corrected chi connectivity index (χ2v) is 8.17. The summed E-state index contributed by atoms with van der Waals surface area (Å²) in [6, 6.07) is 4.40. The quantitative estimate of drug-likeness (QED) is 0.895. The summed E-state index contributed by atoms with van der Waals surface area (Å²) in [5, 5.41) is 12.6. The van der Waals surface area contributed by atoms with Crippen molar-refractivity contribution in [2.75, 3.05) is 19.3 Å². The van der Waals surface area contributed by atoms with Gasteiger partial charge in [0, 0.05) is 38.4 Å². The van der Waals surface area contributed by atoms with Gasteiger partial charge < -0.3 is 9.88 Å². The average Bonchev–Trinajstić information content (AvgIpc) is 2.72. The van der Waals surface area contributed by atoms with E-state index in [1.165, 1.54) is 6.26 Å². The maximum absolute atomic E-state index is 11.6. The summed E-state index contributed by atoms with van der Waals surface area (Å²) in [7, 11) is -1.20. The molecule has 0 amide bonds. The minimum atomic E-state index is -3.10. The highest BCUT2D eigenvalue weighted by atomic mass is 32.2. The molecule has 1 aliphatic heterocycles. The van der Waals surface area contributed by atoms with Crippen LogP contribution in [0, 0.1) is 24.2 Å². The molecule has 7 heteroatoms. The van der Waals surface area contributed by atoms with E-state index >= 15 is 0 Å². The van der Waals surface area contributed by atoms with Gasteiger partial charge in [-0.05, 0) is 30.9 Å². The molecule has 1 N–H and O–H groups in total. The fraction of sp³-hybridized carbons (Fsp3) is 0.667. The molecule has 122 valence electrons. The molecule has 22 heavy (non-hydrogen) atoms. The van der Waals surface area contributed by atoms with Crippen molar-refractivity contribution < 1.29 is 8.42 Å². The third-order valence-corrected chi connectivity index (χ3v) is 5.92. The molecule has 1 saturated heterocycles. The molecule has 0 spiro atoms. The highest BCUT2D eigenvalue weighted by molar-refractivity contribution is 7.88. The molecule has 0 saturated carbocycles. The van der Waals surface area contributed by atoms with Crippen LogP contribution in [0.25, 0.3) is 0 Å². The zero-order valence-electron chi connectivity index (χ0n) is 13.6. The number of nitrogens with one attached hydrogen (secondary N) is 1. The number of aromatic nitrogens is 1. The van der Waals surface area contributed by atoms with Crippen LogP contribution in [0.15, 0.2) is 6.07 Å². The van der Waals surface area contributed by atoms with E-state index in [4.69, 9.17) is 5.26 Å². The number of rotatable bonds is 4. The molecule has 0 bridgehead atoms. The normalized spacial score (nSPS) is 23.4. The Hall–Kier alpha value is -1.36. The highest BCUT2D eigenvalue weighted by Gasteiger charge is 2.30. The van der Waals surface area contributed by atoms with Gasteiger partial charge in [-0.25, -0.2) is 12.7 Å². The Morgan fingerprint density at radius 3 is 2.68 bits per heavy atom. The SMILES string of the molecule is Cc1c(CN[C@H]2CCN(S(C)(=O)=O)C[C@@H]2C)cc(C#N)n1C. The summed E-state index contributed by atoms with van der Waals surface area (Å²) < 4.78 is 26.7. The van der Waals surface area contributed by atoms with Gasteiger partial charge in [-0.3, -0.25) is 0 Å². The Morgan fingerprint density at radius 2 is 2.18 bits per heavy atom. The first-order valence-electron chi connectivity index (χ1n) is 7.47. The standard InChI is InChI=1S/C15H24N4O2S/c1-11-10-19(22(4,20)21)6-5-15(11)17-9-13-7-14(8-16)18(3)12(13)2/h7,11,15,17H,5-6,9-10H2,1-4H3/t11-,15-/m0/s1. The molecule has 0 radical (unpaired) electrons. The van der Waals surface area contributed by atoms with Gasteiger partial charge in [0.05, 0.1) is 6.26 Å². The van der Waals surface area contributed by atoms with Crippen LogP contribution in [-0.4, -0.2) is 42.7 Å². The molecular weight excluding hydrogens is 300 g/mol. The van der Waals surface area contributed by atoms with E-state index in [1.54, 1.807) is 4.31 Å². The summed E-state index contributed by atoms with van der Waals surface area (Å²) >= 11 is 0. The predicted octanol–water partition coefficient (Wildman–Crippen LogP) is 0.965. The summed E-state index contributed by atoms with van der Waals surface area (Å²) in [6.45, 7) is 5.92. The first kappa shape index (κ1) is 17.0. The lowest BCUT2D eigenvalue weighted by molar-refractivity contribution is 0.220. The second-order valence-electron chi connectivity index (χ2n) is 6.19. The number of piperidine rings is 1. The topological polar surface area (TPSA) is 78.1 Å². The van der Waals surface area contributed by atoms with Gasteiger partial charge in [0.15, 0.2) is 0 Å². The van der Waals surface area contributed by atoms with Gasteiger partial charge in [-0.15, -0.1) is 0 Å². The second kappa shape index (κ2) is 6.41. The number of sulfonamides is 1. The molecule has 1 aromatic heterocycles. The Morgan fingerprint density at radius 1 is 1.50 bits per heavy atom. The monoisotopic (exact) mass is 324 g/mol. The van der Waals surface area contributed by atoms with Crippen molar-refractivity contribution in [3.63, 3.8) is 0 Å². The first-order chi connectivity index (χ1) is 10.2. The van der Waals surface area contributed by atoms with Crippen molar-refractivity contribution >= 4 is 10.0 Å². The van der Waals surface area contributed by atoms with E-state index in [1.807, 2.05) is 24.6 Å². The number of nitrogens with zero attached hydrogens (tertiary/aromatic N) is 3. The third-order valence-electron chi connectivity index (χ3n) is 4.65. The van der Waals surface area contributed by atoms with Crippen LogP contribution in [0.1, 0.15) is 30.3 Å². The van der Waals surface area contributed by atoms with E-state index in [0.717, 1.165) is 17.7 Å². The number of nitriles is 1. The molecule has 2 rings (SSSR count). The van der Waals surface area contributed by atoms with Crippen molar-refractivity contribution in [1.82, 2.24) is 14.2 Å². The van der Waals surface area contributed by atoms with E-state index in [-0.39, 0.29) is 5.92 Å². The van der Waals surface area contributed by atoms with Gasteiger partial charge in [0.25, 0.3) is 0 Å². The van der Waals surface area contributed by atoms with E-state index < -0.39 is 10.0 Å². The minimum absolute atomic E-state index is 0.267. The number of hydrogen-bond acceptors (Lipinski definition) is 4. The van der Waals surface area contributed by atoms with Gasteiger partial charge in [-0.1, -0.05) is 6.92 Å². The van der Waals surface area contributed by atoms with Gasteiger partial charge in [-0.2, -0.15) is 5.26 Å². The summed E-state index contributed by atoms with van der Waals surface area (Å²) in [5.41, 5.74) is 2.87. The van der Waals surface area contributed by atoms with Crippen molar-refractivity contribution in [1.29, 1.82) is 5.26 Å². The molecule has 6 nitrogen and oxygen atoms in total. The highest BCUT2D eigenvalue weighted by Crippen LogP contribution is 2.20. The van der Waals surface area contributed by atoms with Crippen LogP contribution in [0.2, 0.25) is 0 Å². The van der Waals surface area contributed by atoms with Crippen LogP contribution in [-0.2, 0) is 23.6 Å². The Labute approximate surface area is 132 Å². The lowest BCUT2D eigenvalue weighted by atomic mass is 9.95. The average molecular weight is 324 g/mol. The van der Waals surface area contributed by atoms with Crippen molar-refractivity contribution in [2.24, 2.45) is 13.0 Å². The van der Waals surface area contributed by atoms with Crippen LogP contribution in [0.3, 0.4) is 0 Å². The van der Waals surface area contributed by atoms with Gasteiger partial charge in [0.2, 0.25) is 10.0 Å². The lowest BCUT2D eigenvalue weighted by Crippen LogP contribution is -2.49. The van der Waals surface area contributed by atoms with Crippen LogP contribution < -0.4 is 5.32 Å². The van der Waals surface area contributed by atoms with Gasteiger partial charge >= 0.3 is 0 Å². The van der Waals surface area contributed by atoms with Crippen LogP contribution in [0.5, 0.6) is 0 Å². The first-order valence-corrected chi connectivity index (χ1v) is 9.32. The molecule has 0 aromatic carbocycles. The van der Waals surface area contributed by atoms with Gasteiger partial charge in [0.1, 0.15) is 11.8 Å². The molecule has 1 aromatic rings. The largest absolute Gasteiger partial charge is 0.340 e. The molecule has 2 heterocycles. The van der Waals surface area contributed by atoms with E-state index in [2.05, 4.69) is 18.3 Å². The van der Waals surface area contributed by atoms with E-state index in [0.29, 0.717) is 31.4 Å². The lowest BCUT2D eigenvalue weighted by Gasteiger charge is -2.36. The summed E-state index contributed by atoms with van der Waals surface area (Å²) in [4.78, 5) is 0. The summed E-state index contributed by atoms with van der Waals surface area (Å²) in [5.74, 6) is 0.267. The van der Waals surface area contributed by atoms with E-state index in [9.17, 15) is 8.42 Å². The molecule has 0 aliphatic carbocycles. The maximum Gasteiger partial charge on any atom is 0.211 e. The Kier molecular flexibility index (Phi) is 4.95.